The summed E-state index contributed by atoms with van der Waals surface area (Å²) in [5.74, 6) is 0.946. The van der Waals surface area contributed by atoms with Gasteiger partial charge in [-0.2, -0.15) is 0 Å². The lowest BCUT2D eigenvalue weighted by Crippen LogP contribution is -2.65. The van der Waals surface area contributed by atoms with Gasteiger partial charge in [0.15, 0.2) is 0 Å². The van der Waals surface area contributed by atoms with Gasteiger partial charge < -0.3 is 14.9 Å². The van der Waals surface area contributed by atoms with Gasteiger partial charge in [0, 0.05) is 17.4 Å². The van der Waals surface area contributed by atoms with E-state index >= 15 is 0 Å². The lowest BCUT2D eigenvalue weighted by molar-refractivity contribution is -0.237. The highest BCUT2D eigenvalue weighted by Gasteiger charge is 2.69. The van der Waals surface area contributed by atoms with Crippen LogP contribution in [0, 0.1) is 34.5 Å². The lowest BCUT2D eigenvalue weighted by Gasteiger charge is -2.64. The number of hydrogen-bond donors (Lipinski definition) is 2. The van der Waals surface area contributed by atoms with Crippen molar-refractivity contribution < 1.29 is 19.7 Å². The third-order valence-corrected chi connectivity index (χ3v) is 9.90. The summed E-state index contributed by atoms with van der Waals surface area (Å²) >= 11 is 0. The summed E-state index contributed by atoms with van der Waals surface area (Å²) in [6.07, 6.45) is 10.9. The van der Waals surface area contributed by atoms with E-state index in [-0.39, 0.29) is 28.6 Å². The second kappa shape index (κ2) is 5.82. The van der Waals surface area contributed by atoms with Crippen molar-refractivity contribution in [3.05, 3.63) is 11.6 Å². The SMILES string of the molecule is C[C@]12CCCC[C@@H]1C[C@H](O)[C@@H]1[C@@H]2CC[C@]2(C)[C@@H](C3=CC(=O)OC3)CC[C@]12O. The van der Waals surface area contributed by atoms with Crippen LogP contribution in [0.25, 0.3) is 0 Å². The first kappa shape index (κ1) is 18.2. The number of esters is 1. The number of carbonyl (C=O) groups excluding carboxylic acids is 1. The maximum Gasteiger partial charge on any atom is 0.331 e. The van der Waals surface area contributed by atoms with Gasteiger partial charge in [0.1, 0.15) is 6.61 Å². The molecule has 0 aromatic carbocycles. The van der Waals surface area contributed by atoms with Gasteiger partial charge in [-0.1, -0.05) is 26.7 Å². The average molecular weight is 375 g/mol. The van der Waals surface area contributed by atoms with Crippen LogP contribution >= 0.6 is 0 Å². The highest BCUT2D eigenvalue weighted by Crippen LogP contribution is 2.69. The number of hydrogen-bond acceptors (Lipinski definition) is 4. The first-order valence-corrected chi connectivity index (χ1v) is 11.1. The summed E-state index contributed by atoms with van der Waals surface area (Å²) in [5, 5.41) is 23.3. The maximum atomic E-state index is 12.1. The van der Waals surface area contributed by atoms with Crippen LogP contribution < -0.4 is 0 Å². The van der Waals surface area contributed by atoms with E-state index in [1.807, 2.05) is 0 Å². The van der Waals surface area contributed by atoms with E-state index in [4.69, 9.17) is 4.74 Å². The van der Waals surface area contributed by atoms with Gasteiger partial charge >= 0.3 is 5.97 Å². The molecule has 2 N–H and O–H groups in total. The smallest absolute Gasteiger partial charge is 0.331 e. The molecule has 0 aromatic rings. The van der Waals surface area contributed by atoms with Crippen LogP contribution in [0.5, 0.6) is 0 Å². The number of fused-ring (bicyclic) bond motifs is 5. The van der Waals surface area contributed by atoms with E-state index in [1.165, 1.54) is 25.7 Å². The average Bonchev–Trinajstić information content (AvgIpc) is 3.16. The predicted octanol–water partition coefficient (Wildman–Crippen LogP) is 3.60. The minimum Gasteiger partial charge on any atom is -0.458 e. The van der Waals surface area contributed by atoms with Crippen molar-refractivity contribution in [2.45, 2.75) is 83.3 Å². The number of carbonyl (C=O) groups is 1. The molecular weight excluding hydrogens is 340 g/mol. The molecule has 150 valence electrons. The van der Waals surface area contributed by atoms with Crippen molar-refractivity contribution in [1.29, 1.82) is 0 Å². The fraction of sp³-hybridized carbons (Fsp3) is 0.870. The topological polar surface area (TPSA) is 66.8 Å². The molecular formula is C23H34O4. The van der Waals surface area contributed by atoms with E-state index < -0.39 is 11.7 Å². The first-order chi connectivity index (χ1) is 12.8. The standard InChI is InChI=1S/C23H34O4/c1-21-8-4-3-5-15(21)12-18(24)20-17(21)6-9-22(2)16(7-10-23(20,22)26)14-11-19(25)27-13-14/h11,15-18,20,24,26H,3-10,12-13H2,1-2H3/t15-,16-,17+,18+,20+,21+,22-,23+/m1/s1. The molecule has 4 nitrogen and oxygen atoms in total. The minimum absolute atomic E-state index is 0.0285. The summed E-state index contributed by atoms with van der Waals surface area (Å²) in [6, 6.07) is 0. The summed E-state index contributed by atoms with van der Waals surface area (Å²) < 4.78 is 5.19. The molecule has 8 atom stereocenters. The fourth-order valence-electron chi connectivity index (χ4n) is 8.43. The number of cyclic esters (lactones) is 1. The zero-order valence-corrected chi connectivity index (χ0v) is 16.7. The van der Waals surface area contributed by atoms with Crippen LogP contribution in [0.1, 0.15) is 71.6 Å². The molecule has 4 fully saturated rings. The van der Waals surface area contributed by atoms with Gasteiger partial charge in [-0.25, -0.2) is 4.79 Å². The molecule has 0 amide bonds. The number of ether oxygens (including phenoxy) is 1. The van der Waals surface area contributed by atoms with Gasteiger partial charge in [0.05, 0.1) is 11.7 Å². The van der Waals surface area contributed by atoms with Crippen molar-refractivity contribution in [2.24, 2.45) is 34.5 Å². The largest absolute Gasteiger partial charge is 0.458 e. The van der Waals surface area contributed by atoms with Crippen LogP contribution in [0.15, 0.2) is 11.6 Å². The van der Waals surface area contributed by atoms with Crippen molar-refractivity contribution in [1.82, 2.24) is 0 Å². The van der Waals surface area contributed by atoms with Crippen LogP contribution in [0.4, 0.5) is 0 Å². The molecule has 0 bridgehead atoms. The minimum atomic E-state index is -0.835. The molecule has 5 rings (SSSR count). The van der Waals surface area contributed by atoms with Crippen LogP contribution in [0.3, 0.4) is 0 Å². The monoisotopic (exact) mass is 374 g/mol. The molecule has 0 unspecified atom stereocenters. The molecule has 0 radical (unpaired) electrons. The van der Waals surface area contributed by atoms with Gasteiger partial charge in [-0.05, 0) is 73.7 Å². The predicted molar refractivity (Wildman–Crippen MR) is 102 cm³/mol. The molecule has 1 aliphatic heterocycles. The van der Waals surface area contributed by atoms with Crippen LogP contribution in [0.2, 0.25) is 0 Å². The number of aliphatic hydroxyl groups excluding tert-OH is 1. The normalized spacial score (nSPS) is 54.6. The molecule has 0 saturated heterocycles. The maximum absolute atomic E-state index is 12.1. The summed E-state index contributed by atoms with van der Waals surface area (Å²) in [5.41, 5.74) is 0.220. The van der Waals surface area contributed by atoms with Crippen molar-refractivity contribution in [3.8, 4) is 0 Å². The van der Waals surface area contributed by atoms with Crippen LogP contribution in [-0.4, -0.2) is 34.5 Å². The fourth-order valence-corrected chi connectivity index (χ4v) is 8.43. The summed E-state index contributed by atoms with van der Waals surface area (Å²) in [6.45, 7) is 5.04. The van der Waals surface area contributed by atoms with Crippen molar-refractivity contribution in [3.63, 3.8) is 0 Å². The zero-order valence-electron chi connectivity index (χ0n) is 16.7. The summed E-state index contributed by atoms with van der Waals surface area (Å²) in [7, 11) is 0. The summed E-state index contributed by atoms with van der Waals surface area (Å²) in [4.78, 5) is 11.6. The molecule has 0 spiro atoms. The molecule has 5 aliphatic rings. The number of aliphatic hydroxyl groups is 2. The van der Waals surface area contributed by atoms with Gasteiger partial charge in [0.2, 0.25) is 0 Å². The Bertz CT molecular complexity index is 686. The zero-order chi connectivity index (χ0) is 19.0. The molecule has 0 aromatic heterocycles. The van der Waals surface area contributed by atoms with Gasteiger partial charge in [-0.15, -0.1) is 0 Å². The lowest BCUT2D eigenvalue weighted by atomic mass is 9.42. The van der Waals surface area contributed by atoms with Gasteiger partial charge in [-0.3, -0.25) is 0 Å². The van der Waals surface area contributed by atoms with E-state index in [1.54, 1.807) is 6.08 Å². The van der Waals surface area contributed by atoms with Crippen LogP contribution in [-0.2, 0) is 9.53 Å². The Labute approximate surface area is 162 Å². The van der Waals surface area contributed by atoms with Gasteiger partial charge in [0.25, 0.3) is 0 Å². The Kier molecular flexibility index (Phi) is 3.92. The van der Waals surface area contributed by atoms with E-state index in [2.05, 4.69) is 13.8 Å². The first-order valence-electron chi connectivity index (χ1n) is 11.1. The van der Waals surface area contributed by atoms with Crippen molar-refractivity contribution in [2.75, 3.05) is 6.61 Å². The molecule has 1 heterocycles. The Morgan fingerprint density at radius 1 is 1.11 bits per heavy atom. The quantitative estimate of drug-likeness (QED) is 0.688. The third kappa shape index (κ3) is 2.26. The highest BCUT2D eigenvalue weighted by atomic mass is 16.5. The molecule has 4 heteroatoms. The van der Waals surface area contributed by atoms with E-state index in [0.717, 1.165) is 37.7 Å². The highest BCUT2D eigenvalue weighted by molar-refractivity contribution is 5.85. The second-order valence-electron chi connectivity index (χ2n) is 10.7. The second-order valence-corrected chi connectivity index (χ2v) is 10.7. The number of rotatable bonds is 1. The third-order valence-electron chi connectivity index (χ3n) is 9.90. The van der Waals surface area contributed by atoms with E-state index in [9.17, 15) is 15.0 Å². The van der Waals surface area contributed by atoms with Crippen molar-refractivity contribution >= 4 is 5.97 Å². The Balaban J connectivity index is 1.52. The Hall–Kier alpha value is -0.870. The molecule has 4 saturated carbocycles. The molecule has 27 heavy (non-hydrogen) atoms. The Morgan fingerprint density at radius 2 is 1.93 bits per heavy atom. The van der Waals surface area contributed by atoms with E-state index in [0.29, 0.717) is 18.4 Å². The molecule has 4 aliphatic carbocycles. The Morgan fingerprint density at radius 3 is 2.67 bits per heavy atom.